The van der Waals surface area contributed by atoms with Crippen molar-refractivity contribution in [1.29, 1.82) is 0 Å². The Morgan fingerprint density at radius 2 is 1.14 bits per heavy atom. The average molecular weight is 331 g/mol. The third-order valence-electron chi connectivity index (χ3n) is 2.95. The maximum atomic E-state index is 6.28. The summed E-state index contributed by atoms with van der Waals surface area (Å²) >= 11 is 12.4. The van der Waals surface area contributed by atoms with Gasteiger partial charge in [0.25, 0.3) is 0 Å². The summed E-state index contributed by atoms with van der Waals surface area (Å²) in [6, 6.07) is 22.2. The predicted octanol–water partition coefficient (Wildman–Crippen LogP) is 6.58. The van der Waals surface area contributed by atoms with Gasteiger partial charge in [-0.3, -0.25) is 0 Å². The zero-order valence-corrected chi connectivity index (χ0v) is 13.0. The molecule has 22 heavy (non-hydrogen) atoms. The van der Waals surface area contributed by atoms with E-state index in [4.69, 9.17) is 32.7 Å². The Morgan fingerprint density at radius 1 is 0.591 bits per heavy atom. The van der Waals surface area contributed by atoms with Crippen LogP contribution in [0.1, 0.15) is 0 Å². The quantitative estimate of drug-likeness (QED) is 0.538. The molecule has 0 atom stereocenters. The fourth-order valence-corrected chi connectivity index (χ4v) is 2.26. The summed E-state index contributed by atoms with van der Waals surface area (Å²) < 4.78 is 11.7. The molecule has 0 spiro atoms. The van der Waals surface area contributed by atoms with Crippen molar-refractivity contribution in [3.05, 3.63) is 82.8 Å². The molecule has 0 aliphatic carbocycles. The van der Waals surface area contributed by atoms with Crippen LogP contribution in [-0.4, -0.2) is 0 Å². The Bertz CT molecular complexity index is 759. The molecule has 0 bridgehead atoms. The molecule has 3 aromatic rings. The van der Waals surface area contributed by atoms with Crippen LogP contribution in [-0.2, 0) is 0 Å². The minimum Gasteiger partial charge on any atom is -0.453 e. The van der Waals surface area contributed by atoms with E-state index in [2.05, 4.69) is 0 Å². The Morgan fingerprint density at radius 3 is 1.73 bits per heavy atom. The van der Waals surface area contributed by atoms with Gasteiger partial charge in [-0.15, -0.1) is 0 Å². The van der Waals surface area contributed by atoms with Gasteiger partial charge in [-0.25, -0.2) is 0 Å². The van der Waals surface area contributed by atoms with Gasteiger partial charge in [0.15, 0.2) is 11.5 Å². The predicted molar refractivity (Wildman–Crippen MR) is 89.5 cm³/mol. The monoisotopic (exact) mass is 330 g/mol. The van der Waals surface area contributed by atoms with Crippen LogP contribution >= 0.6 is 23.2 Å². The summed E-state index contributed by atoms with van der Waals surface area (Å²) in [6.45, 7) is 0. The molecular weight excluding hydrogens is 319 g/mol. The largest absolute Gasteiger partial charge is 0.453 e. The fraction of sp³-hybridized carbons (Fsp3) is 0. The van der Waals surface area contributed by atoms with E-state index in [1.807, 2.05) is 60.7 Å². The van der Waals surface area contributed by atoms with E-state index in [0.717, 1.165) is 0 Å². The van der Waals surface area contributed by atoms with Crippen molar-refractivity contribution in [3.8, 4) is 23.0 Å². The summed E-state index contributed by atoms with van der Waals surface area (Å²) in [5.74, 6) is 2.25. The lowest BCUT2D eigenvalue weighted by Crippen LogP contribution is -1.92. The molecule has 0 radical (unpaired) electrons. The fourth-order valence-electron chi connectivity index (χ4n) is 1.91. The van der Waals surface area contributed by atoms with Crippen molar-refractivity contribution < 1.29 is 9.47 Å². The standard InChI is InChI=1S/C18H12Cl2O2/c19-15-11-12-16(21-13-7-3-1-4-8-13)18(17(15)20)22-14-9-5-2-6-10-14/h1-12H. The Balaban J connectivity index is 1.97. The Labute approximate surface area is 138 Å². The number of benzene rings is 3. The molecule has 0 unspecified atom stereocenters. The van der Waals surface area contributed by atoms with E-state index in [1.165, 1.54) is 0 Å². The second-order valence-corrected chi connectivity index (χ2v) is 5.30. The minimum atomic E-state index is 0.318. The summed E-state index contributed by atoms with van der Waals surface area (Å²) in [5, 5.41) is 0.729. The first kappa shape index (κ1) is 14.8. The molecule has 0 aliphatic rings. The topological polar surface area (TPSA) is 18.5 Å². The van der Waals surface area contributed by atoms with Crippen LogP contribution in [0.15, 0.2) is 72.8 Å². The van der Waals surface area contributed by atoms with Crippen molar-refractivity contribution in [2.45, 2.75) is 0 Å². The number of ether oxygens (including phenoxy) is 2. The molecule has 0 aliphatic heterocycles. The molecule has 0 aromatic heterocycles. The first-order chi connectivity index (χ1) is 10.7. The minimum absolute atomic E-state index is 0.318. The highest BCUT2D eigenvalue weighted by Crippen LogP contribution is 2.43. The van der Waals surface area contributed by atoms with Crippen LogP contribution in [0.5, 0.6) is 23.0 Å². The summed E-state index contributed by atoms with van der Waals surface area (Å²) in [4.78, 5) is 0. The second-order valence-electron chi connectivity index (χ2n) is 4.52. The average Bonchev–Trinajstić information content (AvgIpc) is 2.56. The Hall–Kier alpha value is -2.16. The van der Waals surface area contributed by atoms with Gasteiger partial charge in [0.1, 0.15) is 16.5 Å². The zero-order chi connectivity index (χ0) is 15.4. The molecule has 4 heteroatoms. The van der Waals surface area contributed by atoms with Crippen LogP contribution in [0.25, 0.3) is 0 Å². The molecule has 0 saturated carbocycles. The van der Waals surface area contributed by atoms with E-state index in [0.29, 0.717) is 33.0 Å². The molecule has 3 aromatic carbocycles. The first-order valence-electron chi connectivity index (χ1n) is 6.68. The van der Waals surface area contributed by atoms with Crippen LogP contribution < -0.4 is 9.47 Å². The molecule has 0 N–H and O–H groups in total. The van der Waals surface area contributed by atoms with E-state index < -0.39 is 0 Å². The van der Waals surface area contributed by atoms with Gasteiger partial charge in [-0.05, 0) is 36.4 Å². The lowest BCUT2D eigenvalue weighted by molar-refractivity contribution is 0.419. The number of hydrogen-bond acceptors (Lipinski definition) is 2. The van der Waals surface area contributed by atoms with Crippen molar-refractivity contribution in [1.82, 2.24) is 0 Å². The van der Waals surface area contributed by atoms with Crippen LogP contribution in [0.2, 0.25) is 10.0 Å². The summed E-state index contributed by atoms with van der Waals surface area (Å²) in [5.41, 5.74) is 0. The molecule has 2 nitrogen and oxygen atoms in total. The molecule has 110 valence electrons. The van der Waals surface area contributed by atoms with Gasteiger partial charge in [0.05, 0.1) is 5.02 Å². The van der Waals surface area contributed by atoms with Gasteiger partial charge in [-0.1, -0.05) is 59.6 Å². The molecule has 0 fully saturated rings. The van der Waals surface area contributed by atoms with Gasteiger partial charge in [0.2, 0.25) is 0 Å². The van der Waals surface area contributed by atoms with E-state index in [1.54, 1.807) is 12.1 Å². The SMILES string of the molecule is Clc1ccc(Oc2ccccc2)c(Oc2ccccc2)c1Cl. The molecule has 0 amide bonds. The zero-order valence-electron chi connectivity index (χ0n) is 11.5. The lowest BCUT2D eigenvalue weighted by atomic mass is 10.3. The van der Waals surface area contributed by atoms with Gasteiger partial charge >= 0.3 is 0 Å². The van der Waals surface area contributed by atoms with Gasteiger partial charge in [-0.2, -0.15) is 0 Å². The van der Waals surface area contributed by atoms with Gasteiger partial charge in [0, 0.05) is 0 Å². The van der Waals surface area contributed by atoms with Crippen LogP contribution in [0, 0.1) is 0 Å². The highest BCUT2D eigenvalue weighted by molar-refractivity contribution is 6.43. The smallest absolute Gasteiger partial charge is 0.190 e. The number of rotatable bonds is 4. The van der Waals surface area contributed by atoms with Crippen LogP contribution in [0.3, 0.4) is 0 Å². The summed E-state index contributed by atoms with van der Waals surface area (Å²) in [6.07, 6.45) is 0. The second kappa shape index (κ2) is 6.73. The summed E-state index contributed by atoms with van der Waals surface area (Å²) in [7, 11) is 0. The first-order valence-corrected chi connectivity index (χ1v) is 7.43. The lowest BCUT2D eigenvalue weighted by Gasteiger charge is -2.14. The highest BCUT2D eigenvalue weighted by atomic mass is 35.5. The third kappa shape index (κ3) is 3.35. The molecule has 0 saturated heterocycles. The number of para-hydroxylation sites is 2. The highest BCUT2D eigenvalue weighted by Gasteiger charge is 2.15. The van der Waals surface area contributed by atoms with E-state index >= 15 is 0 Å². The molecule has 0 heterocycles. The van der Waals surface area contributed by atoms with E-state index in [-0.39, 0.29) is 0 Å². The maximum Gasteiger partial charge on any atom is 0.190 e. The number of hydrogen-bond donors (Lipinski definition) is 0. The molecule has 3 rings (SSSR count). The van der Waals surface area contributed by atoms with E-state index in [9.17, 15) is 0 Å². The van der Waals surface area contributed by atoms with Crippen molar-refractivity contribution in [2.75, 3.05) is 0 Å². The third-order valence-corrected chi connectivity index (χ3v) is 3.73. The number of halogens is 2. The molecular formula is C18H12Cl2O2. The van der Waals surface area contributed by atoms with Gasteiger partial charge < -0.3 is 9.47 Å². The van der Waals surface area contributed by atoms with Crippen molar-refractivity contribution in [2.24, 2.45) is 0 Å². The Kier molecular flexibility index (Phi) is 4.52. The maximum absolute atomic E-state index is 6.28. The van der Waals surface area contributed by atoms with Crippen molar-refractivity contribution in [3.63, 3.8) is 0 Å². The van der Waals surface area contributed by atoms with Crippen molar-refractivity contribution >= 4 is 23.2 Å². The van der Waals surface area contributed by atoms with Crippen LogP contribution in [0.4, 0.5) is 0 Å². The normalized spacial score (nSPS) is 10.3.